The van der Waals surface area contributed by atoms with Crippen molar-refractivity contribution in [1.29, 1.82) is 0 Å². The summed E-state index contributed by atoms with van der Waals surface area (Å²) in [7, 11) is -1.94. The van der Waals surface area contributed by atoms with E-state index < -0.39 is 10.0 Å². The van der Waals surface area contributed by atoms with Crippen LogP contribution in [0.1, 0.15) is 25.0 Å². The Morgan fingerprint density at radius 1 is 1.45 bits per heavy atom. The highest BCUT2D eigenvalue weighted by Crippen LogP contribution is 2.18. The molecule has 1 unspecified atom stereocenters. The van der Waals surface area contributed by atoms with E-state index in [1.54, 1.807) is 19.2 Å². The van der Waals surface area contributed by atoms with Crippen LogP contribution in [0.5, 0.6) is 0 Å². The second kappa shape index (κ2) is 6.62. The normalized spacial score (nSPS) is 20.2. The van der Waals surface area contributed by atoms with Gasteiger partial charge in [0.2, 0.25) is 10.0 Å². The maximum Gasteiger partial charge on any atom is 0.244 e. The molecule has 1 atom stereocenters. The zero-order chi connectivity index (χ0) is 14.6. The minimum absolute atomic E-state index is 0.0141. The molecule has 0 aromatic carbocycles. The SMILES string of the molecule is CN(CC1CCCCO1)S(=O)(=O)c1ccc(CN)nc1. The molecule has 0 aliphatic carbocycles. The molecule has 0 bridgehead atoms. The van der Waals surface area contributed by atoms with Gasteiger partial charge in [-0.2, -0.15) is 4.31 Å². The van der Waals surface area contributed by atoms with Gasteiger partial charge in [0.1, 0.15) is 4.90 Å². The molecule has 20 heavy (non-hydrogen) atoms. The van der Waals surface area contributed by atoms with Crippen molar-refractivity contribution >= 4 is 10.0 Å². The molecule has 2 heterocycles. The van der Waals surface area contributed by atoms with Crippen molar-refractivity contribution in [2.45, 2.75) is 36.8 Å². The van der Waals surface area contributed by atoms with Crippen LogP contribution >= 0.6 is 0 Å². The molecule has 1 aromatic rings. The van der Waals surface area contributed by atoms with Crippen LogP contribution in [0.3, 0.4) is 0 Å². The van der Waals surface area contributed by atoms with E-state index in [0.29, 0.717) is 25.4 Å². The zero-order valence-corrected chi connectivity index (χ0v) is 12.5. The molecule has 1 saturated heterocycles. The molecule has 2 N–H and O–H groups in total. The Hall–Kier alpha value is -1.02. The van der Waals surface area contributed by atoms with E-state index in [9.17, 15) is 8.42 Å². The van der Waals surface area contributed by atoms with Crippen LogP contribution in [0.25, 0.3) is 0 Å². The van der Waals surface area contributed by atoms with Gasteiger partial charge < -0.3 is 10.5 Å². The number of rotatable bonds is 5. The van der Waals surface area contributed by atoms with Crippen LogP contribution in [-0.2, 0) is 21.3 Å². The number of hydrogen-bond acceptors (Lipinski definition) is 5. The number of nitrogens with zero attached hydrogens (tertiary/aromatic N) is 2. The third-order valence-electron chi connectivity index (χ3n) is 3.45. The molecule has 0 radical (unpaired) electrons. The standard InChI is InChI=1S/C13H21N3O3S/c1-16(10-12-4-2-3-7-19-12)20(17,18)13-6-5-11(8-14)15-9-13/h5-6,9,12H,2-4,7-8,10,14H2,1H3. The number of nitrogens with two attached hydrogens (primary N) is 1. The maximum absolute atomic E-state index is 12.4. The summed E-state index contributed by atoms with van der Waals surface area (Å²) in [5.41, 5.74) is 6.12. The summed E-state index contributed by atoms with van der Waals surface area (Å²) in [6.45, 7) is 1.39. The largest absolute Gasteiger partial charge is 0.377 e. The van der Waals surface area contributed by atoms with Crippen LogP contribution < -0.4 is 5.73 Å². The van der Waals surface area contributed by atoms with Crippen molar-refractivity contribution < 1.29 is 13.2 Å². The van der Waals surface area contributed by atoms with Crippen LogP contribution in [0.15, 0.2) is 23.2 Å². The predicted octanol–water partition coefficient (Wildman–Crippen LogP) is 0.730. The smallest absolute Gasteiger partial charge is 0.244 e. The molecule has 1 fully saturated rings. The van der Waals surface area contributed by atoms with Crippen molar-refractivity contribution in [2.75, 3.05) is 20.2 Å². The molecular formula is C13H21N3O3S. The molecule has 0 spiro atoms. The van der Waals surface area contributed by atoms with Crippen molar-refractivity contribution in [2.24, 2.45) is 5.73 Å². The third kappa shape index (κ3) is 3.54. The highest BCUT2D eigenvalue weighted by Gasteiger charge is 2.25. The molecule has 2 rings (SSSR count). The van der Waals surface area contributed by atoms with Gasteiger partial charge in [0, 0.05) is 32.9 Å². The highest BCUT2D eigenvalue weighted by atomic mass is 32.2. The van der Waals surface area contributed by atoms with Crippen molar-refractivity contribution in [3.63, 3.8) is 0 Å². The lowest BCUT2D eigenvalue weighted by Crippen LogP contribution is -2.37. The summed E-state index contributed by atoms with van der Waals surface area (Å²) in [6.07, 6.45) is 4.39. The predicted molar refractivity (Wildman–Crippen MR) is 75.5 cm³/mol. The van der Waals surface area contributed by atoms with E-state index in [2.05, 4.69) is 4.98 Å². The fourth-order valence-electron chi connectivity index (χ4n) is 2.20. The molecule has 112 valence electrons. The monoisotopic (exact) mass is 299 g/mol. The van der Waals surface area contributed by atoms with Gasteiger partial charge in [-0.1, -0.05) is 0 Å². The molecular weight excluding hydrogens is 278 g/mol. The fourth-order valence-corrected chi connectivity index (χ4v) is 3.35. The molecule has 7 heteroatoms. The highest BCUT2D eigenvalue weighted by molar-refractivity contribution is 7.89. The molecule has 0 amide bonds. The van der Waals surface area contributed by atoms with Crippen molar-refractivity contribution in [3.8, 4) is 0 Å². The topological polar surface area (TPSA) is 85.5 Å². The Kier molecular flexibility index (Phi) is 5.09. The first-order chi connectivity index (χ1) is 9.54. The lowest BCUT2D eigenvalue weighted by atomic mass is 10.1. The Morgan fingerprint density at radius 3 is 2.80 bits per heavy atom. The van der Waals surface area contributed by atoms with E-state index in [0.717, 1.165) is 19.3 Å². The van der Waals surface area contributed by atoms with Crippen molar-refractivity contribution in [1.82, 2.24) is 9.29 Å². The first-order valence-electron chi connectivity index (χ1n) is 6.77. The Morgan fingerprint density at radius 2 is 2.25 bits per heavy atom. The quantitative estimate of drug-likeness (QED) is 0.866. The van der Waals surface area contributed by atoms with Gasteiger partial charge in [0.05, 0.1) is 11.8 Å². The van der Waals surface area contributed by atoms with Gasteiger partial charge in [-0.05, 0) is 31.4 Å². The van der Waals surface area contributed by atoms with E-state index in [4.69, 9.17) is 10.5 Å². The lowest BCUT2D eigenvalue weighted by Gasteiger charge is -2.27. The van der Waals surface area contributed by atoms with E-state index in [1.165, 1.54) is 10.5 Å². The molecule has 1 aliphatic rings. The molecule has 1 aromatic heterocycles. The Balaban J connectivity index is 2.07. The van der Waals surface area contributed by atoms with Crippen LogP contribution in [0.2, 0.25) is 0 Å². The van der Waals surface area contributed by atoms with Gasteiger partial charge in [-0.3, -0.25) is 4.98 Å². The number of aromatic nitrogens is 1. The number of hydrogen-bond donors (Lipinski definition) is 1. The average Bonchev–Trinajstić information content (AvgIpc) is 2.48. The van der Waals surface area contributed by atoms with Gasteiger partial charge in [0.25, 0.3) is 0 Å². The number of likely N-dealkylation sites (N-methyl/N-ethyl adjacent to an activating group) is 1. The Bertz CT molecular complexity index is 524. The fraction of sp³-hybridized carbons (Fsp3) is 0.615. The summed E-state index contributed by atoms with van der Waals surface area (Å²) in [5.74, 6) is 0. The number of ether oxygens (including phenoxy) is 1. The summed E-state index contributed by atoms with van der Waals surface area (Å²) in [5, 5.41) is 0. The second-order valence-electron chi connectivity index (χ2n) is 4.96. The van der Waals surface area contributed by atoms with E-state index in [1.807, 2.05) is 0 Å². The van der Waals surface area contributed by atoms with Gasteiger partial charge >= 0.3 is 0 Å². The molecule has 1 aliphatic heterocycles. The van der Waals surface area contributed by atoms with Crippen molar-refractivity contribution in [3.05, 3.63) is 24.0 Å². The lowest BCUT2D eigenvalue weighted by molar-refractivity contribution is 0.00858. The second-order valence-corrected chi connectivity index (χ2v) is 7.01. The maximum atomic E-state index is 12.4. The summed E-state index contributed by atoms with van der Waals surface area (Å²) >= 11 is 0. The van der Waals surface area contributed by atoms with E-state index in [-0.39, 0.29) is 11.0 Å². The van der Waals surface area contributed by atoms with Crippen LogP contribution in [0, 0.1) is 0 Å². The summed E-state index contributed by atoms with van der Waals surface area (Å²) in [6, 6.07) is 3.18. The summed E-state index contributed by atoms with van der Waals surface area (Å²) in [4.78, 5) is 4.22. The molecule has 0 saturated carbocycles. The minimum Gasteiger partial charge on any atom is -0.377 e. The Labute approximate surface area is 120 Å². The average molecular weight is 299 g/mol. The third-order valence-corrected chi connectivity index (χ3v) is 5.26. The van der Waals surface area contributed by atoms with Gasteiger partial charge in [-0.25, -0.2) is 8.42 Å². The van der Waals surface area contributed by atoms with Gasteiger partial charge in [-0.15, -0.1) is 0 Å². The van der Waals surface area contributed by atoms with Gasteiger partial charge in [0.15, 0.2) is 0 Å². The minimum atomic E-state index is -3.51. The number of pyridine rings is 1. The van der Waals surface area contributed by atoms with Crippen LogP contribution in [-0.4, -0.2) is 44.0 Å². The van der Waals surface area contributed by atoms with E-state index >= 15 is 0 Å². The molecule has 6 nitrogen and oxygen atoms in total. The number of sulfonamides is 1. The first-order valence-corrected chi connectivity index (χ1v) is 8.21. The summed E-state index contributed by atoms with van der Waals surface area (Å²) < 4.78 is 31.7. The van der Waals surface area contributed by atoms with Crippen LogP contribution in [0.4, 0.5) is 0 Å². The first kappa shape index (κ1) is 15.4. The zero-order valence-electron chi connectivity index (χ0n) is 11.7.